The lowest BCUT2D eigenvalue weighted by Crippen LogP contribution is -1.98. The number of rotatable bonds is 4. The number of nitrogens with zero attached hydrogens (tertiary/aromatic N) is 2. The van der Waals surface area contributed by atoms with Crippen molar-refractivity contribution in [3.8, 4) is 17.0 Å². The van der Waals surface area contributed by atoms with E-state index in [2.05, 4.69) is 4.98 Å². The van der Waals surface area contributed by atoms with Gasteiger partial charge in [-0.3, -0.25) is 0 Å². The van der Waals surface area contributed by atoms with Crippen molar-refractivity contribution in [2.24, 2.45) is 0 Å². The zero-order valence-electron chi connectivity index (χ0n) is 13.4. The first-order valence-corrected chi connectivity index (χ1v) is 7.90. The molecule has 0 fully saturated rings. The van der Waals surface area contributed by atoms with Crippen LogP contribution in [0.3, 0.4) is 0 Å². The summed E-state index contributed by atoms with van der Waals surface area (Å²) >= 11 is 0. The number of benzene rings is 2. The summed E-state index contributed by atoms with van der Waals surface area (Å²) in [7, 11) is 0. The summed E-state index contributed by atoms with van der Waals surface area (Å²) in [5.41, 5.74) is 9.75. The smallest absolute Gasteiger partial charge is 0.180 e. The Morgan fingerprint density at radius 2 is 1.88 bits per heavy atom. The number of hydrogen-bond donors (Lipinski definition) is 1. The first kappa shape index (κ1) is 15.2. The standard InChI is InChI=1S/C20H16FN3O/c21-16-4-1-3-14(11-16)13-25-19-5-2-10-24-12-18(23-20(19)24)15-6-8-17(22)9-7-15/h1-12H,13,22H2. The van der Waals surface area contributed by atoms with Gasteiger partial charge < -0.3 is 14.9 Å². The van der Waals surface area contributed by atoms with Crippen molar-refractivity contribution >= 4 is 11.3 Å². The van der Waals surface area contributed by atoms with Gasteiger partial charge in [-0.25, -0.2) is 9.37 Å². The number of imidazole rings is 1. The third-order valence-corrected chi connectivity index (χ3v) is 3.94. The third kappa shape index (κ3) is 3.17. The monoisotopic (exact) mass is 333 g/mol. The van der Waals surface area contributed by atoms with E-state index in [1.165, 1.54) is 12.1 Å². The van der Waals surface area contributed by atoms with Gasteiger partial charge in [0.1, 0.15) is 12.4 Å². The molecule has 0 atom stereocenters. The average molecular weight is 333 g/mol. The summed E-state index contributed by atoms with van der Waals surface area (Å²) in [5.74, 6) is 0.374. The highest BCUT2D eigenvalue weighted by Gasteiger charge is 2.09. The number of ether oxygens (including phenoxy) is 1. The maximum absolute atomic E-state index is 13.3. The lowest BCUT2D eigenvalue weighted by atomic mass is 10.1. The van der Waals surface area contributed by atoms with Gasteiger partial charge in [0, 0.05) is 23.6 Å². The van der Waals surface area contributed by atoms with E-state index in [-0.39, 0.29) is 12.4 Å². The van der Waals surface area contributed by atoms with E-state index >= 15 is 0 Å². The highest BCUT2D eigenvalue weighted by Crippen LogP contribution is 2.25. The Hall–Kier alpha value is -3.34. The van der Waals surface area contributed by atoms with Gasteiger partial charge in [-0.2, -0.15) is 0 Å². The first-order valence-electron chi connectivity index (χ1n) is 7.90. The fourth-order valence-corrected chi connectivity index (χ4v) is 2.68. The molecule has 0 aliphatic rings. The van der Waals surface area contributed by atoms with E-state index in [0.29, 0.717) is 17.1 Å². The quantitative estimate of drug-likeness (QED) is 0.567. The van der Waals surface area contributed by atoms with Crippen LogP contribution in [0.15, 0.2) is 73.1 Å². The maximum Gasteiger partial charge on any atom is 0.180 e. The molecule has 0 radical (unpaired) electrons. The zero-order valence-corrected chi connectivity index (χ0v) is 13.4. The average Bonchev–Trinajstić information content (AvgIpc) is 3.05. The highest BCUT2D eigenvalue weighted by atomic mass is 19.1. The van der Waals surface area contributed by atoms with Gasteiger partial charge in [0.15, 0.2) is 11.4 Å². The molecule has 2 N–H and O–H groups in total. The van der Waals surface area contributed by atoms with Crippen molar-refractivity contribution in [1.82, 2.24) is 9.38 Å². The third-order valence-electron chi connectivity index (χ3n) is 3.94. The molecule has 2 aromatic carbocycles. The van der Waals surface area contributed by atoms with Gasteiger partial charge >= 0.3 is 0 Å². The van der Waals surface area contributed by atoms with Gasteiger partial charge in [-0.05, 0) is 42.0 Å². The first-order chi connectivity index (χ1) is 12.2. The van der Waals surface area contributed by atoms with Crippen molar-refractivity contribution < 1.29 is 9.13 Å². The largest absolute Gasteiger partial charge is 0.485 e. The second-order valence-electron chi connectivity index (χ2n) is 5.77. The molecule has 124 valence electrons. The summed E-state index contributed by atoms with van der Waals surface area (Å²) in [6.07, 6.45) is 3.86. The molecular formula is C20H16FN3O. The number of hydrogen-bond acceptors (Lipinski definition) is 3. The van der Waals surface area contributed by atoms with Crippen molar-refractivity contribution in [3.05, 3.63) is 84.4 Å². The Morgan fingerprint density at radius 1 is 1.04 bits per heavy atom. The van der Waals surface area contributed by atoms with E-state index in [1.54, 1.807) is 6.07 Å². The summed E-state index contributed by atoms with van der Waals surface area (Å²) in [6, 6.07) is 17.7. The van der Waals surface area contributed by atoms with E-state index in [0.717, 1.165) is 16.8 Å². The summed E-state index contributed by atoms with van der Waals surface area (Å²) in [6.45, 7) is 0.279. The van der Waals surface area contributed by atoms with Crippen LogP contribution in [0.2, 0.25) is 0 Å². The number of pyridine rings is 1. The molecule has 4 rings (SSSR count). The van der Waals surface area contributed by atoms with E-state index in [9.17, 15) is 4.39 Å². The molecule has 0 aliphatic carbocycles. The molecule has 0 aliphatic heterocycles. The van der Waals surface area contributed by atoms with Crippen molar-refractivity contribution in [3.63, 3.8) is 0 Å². The highest BCUT2D eigenvalue weighted by molar-refractivity contribution is 5.67. The fourth-order valence-electron chi connectivity index (χ4n) is 2.68. The summed E-state index contributed by atoms with van der Waals surface area (Å²) in [4.78, 5) is 4.67. The molecule has 0 amide bonds. The van der Waals surface area contributed by atoms with Crippen LogP contribution in [0, 0.1) is 5.82 Å². The number of aromatic nitrogens is 2. The van der Waals surface area contributed by atoms with Gasteiger partial charge in [-0.1, -0.05) is 24.3 Å². The molecule has 4 aromatic rings. The SMILES string of the molecule is Nc1ccc(-c2cn3cccc(OCc4cccc(F)c4)c3n2)cc1. The molecule has 4 nitrogen and oxygen atoms in total. The van der Waals surface area contributed by atoms with Gasteiger partial charge in [0.05, 0.1) is 5.69 Å². The van der Waals surface area contributed by atoms with Crippen LogP contribution < -0.4 is 10.5 Å². The molecule has 0 saturated heterocycles. The Bertz CT molecular complexity index is 1020. The number of anilines is 1. The van der Waals surface area contributed by atoms with E-state index in [1.807, 2.05) is 59.3 Å². The maximum atomic E-state index is 13.3. The minimum Gasteiger partial charge on any atom is -0.485 e. The van der Waals surface area contributed by atoms with Crippen LogP contribution in [-0.4, -0.2) is 9.38 Å². The van der Waals surface area contributed by atoms with Crippen molar-refractivity contribution in [2.75, 3.05) is 5.73 Å². The van der Waals surface area contributed by atoms with Gasteiger partial charge in [0.2, 0.25) is 0 Å². The van der Waals surface area contributed by atoms with Gasteiger partial charge in [0.25, 0.3) is 0 Å². The summed E-state index contributed by atoms with van der Waals surface area (Å²) < 4.78 is 21.1. The Labute approximate surface area is 144 Å². The molecule has 5 heteroatoms. The topological polar surface area (TPSA) is 52.5 Å². The number of fused-ring (bicyclic) bond motifs is 1. The Kier molecular flexibility index (Phi) is 3.82. The Morgan fingerprint density at radius 3 is 2.68 bits per heavy atom. The predicted molar refractivity (Wildman–Crippen MR) is 95.8 cm³/mol. The molecule has 2 heterocycles. The molecule has 0 saturated carbocycles. The minimum atomic E-state index is -0.272. The second-order valence-corrected chi connectivity index (χ2v) is 5.77. The number of nitrogens with two attached hydrogens (primary N) is 1. The van der Waals surface area contributed by atoms with Crippen LogP contribution in [0.5, 0.6) is 5.75 Å². The molecule has 0 spiro atoms. The van der Waals surface area contributed by atoms with Crippen LogP contribution in [0.25, 0.3) is 16.9 Å². The van der Waals surface area contributed by atoms with Crippen LogP contribution in [-0.2, 0) is 6.61 Å². The van der Waals surface area contributed by atoms with Gasteiger partial charge in [-0.15, -0.1) is 0 Å². The number of nitrogen functional groups attached to an aromatic ring is 1. The zero-order chi connectivity index (χ0) is 17.2. The van der Waals surface area contributed by atoms with Crippen LogP contribution in [0.1, 0.15) is 5.56 Å². The molecule has 2 aromatic heterocycles. The summed E-state index contributed by atoms with van der Waals surface area (Å²) in [5, 5.41) is 0. The van der Waals surface area contributed by atoms with Crippen molar-refractivity contribution in [2.45, 2.75) is 6.61 Å². The fraction of sp³-hybridized carbons (Fsp3) is 0.0500. The molecular weight excluding hydrogens is 317 g/mol. The normalized spacial score (nSPS) is 10.9. The molecule has 0 unspecified atom stereocenters. The Balaban J connectivity index is 1.64. The molecule has 0 bridgehead atoms. The predicted octanol–water partition coefficient (Wildman–Crippen LogP) is 4.30. The lowest BCUT2D eigenvalue weighted by Gasteiger charge is -2.07. The van der Waals surface area contributed by atoms with Crippen molar-refractivity contribution in [1.29, 1.82) is 0 Å². The van der Waals surface area contributed by atoms with E-state index < -0.39 is 0 Å². The number of halogens is 1. The van der Waals surface area contributed by atoms with E-state index in [4.69, 9.17) is 10.5 Å². The lowest BCUT2D eigenvalue weighted by molar-refractivity contribution is 0.307. The minimum absolute atomic E-state index is 0.272. The van der Waals surface area contributed by atoms with Crippen LogP contribution in [0.4, 0.5) is 10.1 Å². The second kappa shape index (κ2) is 6.28. The van der Waals surface area contributed by atoms with Crippen LogP contribution >= 0.6 is 0 Å². The molecule has 25 heavy (non-hydrogen) atoms.